The third-order valence-corrected chi connectivity index (χ3v) is 4.27. The van der Waals surface area contributed by atoms with Crippen LogP contribution in [0.15, 0.2) is 24.4 Å². The maximum Gasteiger partial charge on any atom is 0.338 e. The normalized spacial score (nSPS) is 24.4. The molecule has 0 bridgehead atoms. The van der Waals surface area contributed by atoms with Crippen molar-refractivity contribution in [3.05, 3.63) is 41.5 Å². The van der Waals surface area contributed by atoms with Gasteiger partial charge in [-0.2, -0.15) is 0 Å². The van der Waals surface area contributed by atoms with Gasteiger partial charge in [-0.25, -0.2) is 19.2 Å². The lowest BCUT2D eigenvalue weighted by atomic mass is 9.85. The molecule has 126 valence electrons. The van der Waals surface area contributed by atoms with Gasteiger partial charge >= 0.3 is 5.97 Å². The molecule has 0 aliphatic heterocycles. The lowest BCUT2D eigenvalue weighted by molar-refractivity contribution is 0.0692. The Morgan fingerprint density at radius 1 is 1.33 bits per heavy atom. The van der Waals surface area contributed by atoms with E-state index < -0.39 is 23.4 Å². The van der Waals surface area contributed by atoms with Gasteiger partial charge in [0.1, 0.15) is 17.3 Å². The fraction of sp³-hybridized carbons (Fsp3) is 0.353. The Kier molecular flexibility index (Phi) is 4.08. The minimum absolute atomic E-state index is 0.0422. The number of aromatic nitrogens is 2. The van der Waals surface area contributed by atoms with E-state index in [-0.39, 0.29) is 11.7 Å². The Balaban J connectivity index is 1.92. The van der Waals surface area contributed by atoms with Gasteiger partial charge in [-0.1, -0.05) is 6.07 Å². The number of aliphatic hydroxyl groups is 1. The Morgan fingerprint density at radius 3 is 2.67 bits per heavy atom. The number of hydrogen-bond acceptors (Lipinski definition) is 5. The number of nitrogens with zero attached hydrogens (tertiary/aromatic N) is 2. The average molecular weight is 332 g/mol. The fourth-order valence-electron chi connectivity index (χ4n) is 2.90. The molecule has 1 fully saturated rings. The number of carboxylic acid groups (broad SMARTS) is 1. The van der Waals surface area contributed by atoms with Crippen molar-refractivity contribution in [2.75, 3.05) is 5.73 Å². The Morgan fingerprint density at radius 2 is 2.04 bits per heavy atom. The third kappa shape index (κ3) is 3.21. The van der Waals surface area contributed by atoms with Crippen LogP contribution in [0.4, 0.5) is 10.2 Å². The van der Waals surface area contributed by atoms with Gasteiger partial charge in [0.25, 0.3) is 0 Å². The molecule has 4 N–H and O–H groups in total. The summed E-state index contributed by atoms with van der Waals surface area (Å²) in [5.74, 6) is -2.05. The van der Waals surface area contributed by atoms with Gasteiger partial charge in [0.2, 0.25) is 0 Å². The SMILES string of the molecule is [2H]C1(O)CCC(c2cnc(N)c(-c3ccc(C(=O)O)c(F)c3)n2)CC1. The second-order valence-electron chi connectivity index (χ2n) is 5.87. The molecule has 1 aliphatic carbocycles. The summed E-state index contributed by atoms with van der Waals surface area (Å²) in [5, 5.41) is 18.6. The molecule has 3 rings (SSSR count). The summed E-state index contributed by atoms with van der Waals surface area (Å²) < 4.78 is 21.6. The van der Waals surface area contributed by atoms with E-state index >= 15 is 0 Å². The summed E-state index contributed by atoms with van der Waals surface area (Å²) in [4.78, 5) is 19.5. The van der Waals surface area contributed by atoms with Gasteiger partial charge in [-0.15, -0.1) is 0 Å². The number of nitrogens with two attached hydrogens (primary N) is 1. The summed E-state index contributed by atoms with van der Waals surface area (Å²) in [7, 11) is 0. The monoisotopic (exact) mass is 332 g/mol. The number of anilines is 1. The molecule has 0 amide bonds. The summed E-state index contributed by atoms with van der Waals surface area (Å²) in [6.45, 7) is 0. The highest BCUT2D eigenvalue weighted by atomic mass is 19.1. The molecule has 0 unspecified atom stereocenters. The lowest BCUT2D eigenvalue weighted by Crippen LogP contribution is -2.18. The number of hydrogen-bond donors (Lipinski definition) is 3. The minimum atomic E-state index is -1.39. The van der Waals surface area contributed by atoms with Crippen LogP contribution in [0.2, 0.25) is 0 Å². The number of carboxylic acids is 1. The third-order valence-electron chi connectivity index (χ3n) is 4.27. The average Bonchev–Trinajstić information content (AvgIpc) is 2.55. The summed E-state index contributed by atoms with van der Waals surface area (Å²) in [5.41, 5.74) is 6.75. The smallest absolute Gasteiger partial charge is 0.338 e. The van der Waals surface area contributed by atoms with E-state index in [1.165, 1.54) is 12.1 Å². The van der Waals surface area contributed by atoms with E-state index in [2.05, 4.69) is 9.97 Å². The number of carbonyl (C=O) groups is 1. The van der Waals surface area contributed by atoms with Crippen molar-refractivity contribution >= 4 is 11.8 Å². The van der Waals surface area contributed by atoms with Crippen LogP contribution in [-0.4, -0.2) is 32.2 Å². The molecule has 0 atom stereocenters. The van der Waals surface area contributed by atoms with E-state index in [0.29, 0.717) is 42.6 Å². The quantitative estimate of drug-likeness (QED) is 0.797. The van der Waals surface area contributed by atoms with Gasteiger partial charge in [0.05, 0.1) is 24.9 Å². The standard InChI is InChI=1S/C17H18FN3O3/c18-13-7-10(3-6-12(13)17(23)24)15-16(19)20-8-14(21-15)9-1-4-11(22)5-2-9/h3,6-9,11,22H,1-2,4-5H2,(H2,19,20)(H,23,24)/i11D. The highest BCUT2D eigenvalue weighted by molar-refractivity contribution is 5.88. The summed E-state index contributed by atoms with van der Waals surface area (Å²) in [6, 6.07) is 3.69. The van der Waals surface area contributed by atoms with E-state index in [1.54, 1.807) is 6.20 Å². The van der Waals surface area contributed by atoms with Crippen LogP contribution in [0.5, 0.6) is 0 Å². The molecular weight excluding hydrogens is 313 g/mol. The van der Waals surface area contributed by atoms with Crippen molar-refractivity contribution in [2.45, 2.75) is 37.7 Å². The molecule has 1 saturated carbocycles. The van der Waals surface area contributed by atoms with Gasteiger partial charge in [0.15, 0.2) is 0 Å². The number of halogens is 1. The molecule has 1 heterocycles. The molecular formula is C17H18FN3O3. The molecule has 1 aromatic heterocycles. The zero-order valence-electron chi connectivity index (χ0n) is 13.9. The zero-order chi connectivity index (χ0) is 18.2. The molecule has 6 nitrogen and oxygen atoms in total. The maximum absolute atomic E-state index is 13.9. The van der Waals surface area contributed by atoms with Crippen LogP contribution < -0.4 is 5.73 Å². The second-order valence-corrected chi connectivity index (χ2v) is 5.87. The summed E-state index contributed by atoms with van der Waals surface area (Å²) >= 11 is 0. The van der Waals surface area contributed by atoms with Crippen LogP contribution in [0.25, 0.3) is 11.3 Å². The van der Waals surface area contributed by atoms with Crippen molar-refractivity contribution in [1.82, 2.24) is 9.97 Å². The molecule has 2 aromatic rings. The van der Waals surface area contributed by atoms with Gasteiger partial charge in [0, 0.05) is 11.5 Å². The maximum atomic E-state index is 13.9. The minimum Gasteiger partial charge on any atom is -0.478 e. The Bertz CT molecular complexity index is 819. The van der Waals surface area contributed by atoms with Gasteiger partial charge in [-0.3, -0.25) is 0 Å². The molecule has 24 heavy (non-hydrogen) atoms. The first-order valence-corrected chi connectivity index (χ1v) is 7.65. The van der Waals surface area contributed by atoms with Crippen LogP contribution >= 0.6 is 0 Å². The highest BCUT2D eigenvalue weighted by Gasteiger charge is 2.23. The second kappa shape index (κ2) is 6.52. The molecule has 1 aliphatic rings. The molecule has 1 aromatic carbocycles. The number of nitrogen functional groups attached to an aromatic ring is 1. The van der Waals surface area contributed by atoms with E-state index in [1.807, 2.05) is 0 Å². The Labute approximate surface area is 139 Å². The first-order chi connectivity index (χ1) is 11.8. The van der Waals surface area contributed by atoms with Crippen molar-refractivity contribution in [2.24, 2.45) is 0 Å². The molecule has 0 saturated heterocycles. The largest absolute Gasteiger partial charge is 0.478 e. The van der Waals surface area contributed by atoms with Crippen molar-refractivity contribution in [1.29, 1.82) is 0 Å². The lowest BCUT2D eigenvalue weighted by Gasteiger charge is -2.25. The topological polar surface area (TPSA) is 109 Å². The van der Waals surface area contributed by atoms with Crippen LogP contribution in [-0.2, 0) is 0 Å². The first-order valence-electron chi connectivity index (χ1n) is 8.15. The summed E-state index contributed by atoms with van der Waals surface area (Å²) in [6.07, 6.45) is 2.06. The predicted molar refractivity (Wildman–Crippen MR) is 86.0 cm³/mol. The van der Waals surface area contributed by atoms with Crippen molar-refractivity contribution < 1.29 is 20.8 Å². The predicted octanol–water partition coefficient (Wildman–Crippen LogP) is 2.58. The fourth-order valence-corrected chi connectivity index (χ4v) is 2.90. The highest BCUT2D eigenvalue weighted by Crippen LogP contribution is 2.33. The van der Waals surface area contributed by atoms with Gasteiger partial charge < -0.3 is 15.9 Å². The number of benzene rings is 1. The number of rotatable bonds is 3. The molecule has 0 radical (unpaired) electrons. The van der Waals surface area contributed by atoms with Crippen molar-refractivity contribution in [3.8, 4) is 11.3 Å². The Hall–Kier alpha value is -2.54. The first kappa shape index (κ1) is 15.0. The van der Waals surface area contributed by atoms with Gasteiger partial charge in [-0.05, 0) is 37.8 Å². The zero-order valence-corrected chi connectivity index (χ0v) is 12.9. The molecule has 0 spiro atoms. The van der Waals surface area contributed by atoms with Crippen molar-refractivity contribution in [3.63, 3.8) is 0 Å². The van der Waals surface area contributed by atoms with Crippen LogP contribution in [0.3, 0.4) is 0 Å². The van der Waals surface area contributed by atoms with E-state index in [4.69, 9.17) is 12.2 Å². The molecule has 7 heteroatoms. The van der Waals surface area contributed by atoms with E-state index in [9.17, 15) is 14.3 Å². The van der Waals surface area contributed by atoms with Crippen LogP contribution in [0, 0.1) is 5.82 Å². The van der Waals surface area contributed by atoms with Crippen LogP contribution in [0.1, 0.15) is 49.0 Å². The number of aromatic carboxylic acids is 1. The van der Waals surface area contributed by atoms with E-state index in [0.717, 1.165) is 6.07 Å².